The number of hydrogen-bond donors (Lipinski definition) is 2. The van der Waals surface area contributed by atoms with Gasteiger partial charge >= 0.3 is 12.0 Å². The zero-order valence-corrected chi connectivity index (χ0v) is 18.3. The van der Waals surface area contributed by atoms with E-state index in [1.807, 2.05) is 13.8 Å². The van der Waals surface area contributed by atoms with Gasteiger partial charge in [0.05, 0.1) is 16.3 Å². The van der Waals surface area contributed by atoms with Gasteiger partial charge in [-0.1, -0.05) is 17.7 Å². The molecule has 4 amide bonds. The van der Waals surface area contributed by atoms with E-state index < -0.39 is 23.8 Å². The molecule has 1 aliphatic rings. The summed E-state index contributed by atoms with van der Waals surface area (Å²) in [5.74, 6) is -2.37. The second-order valence-corrected chi connectivity index (χ2v) is 7.84. The van der Waals surface area contributed by atoms with Gasteiger partial charge in [0, 0.05) is 5.56 Å². The summed E-state index contributed by atoms with van der Waals surface area (Å²) in [5, 5.41) is 11.6. The molecule has 0 bridgehead atoms. The van der Waals surface area contributed by atoms with Crippen LogP contribution in [-0.2, 0) is 9.59 Å². The molecule has 9 heteroatoms. The molecule has 2 aromatic carbocycles. The number of imide groups is 2. The lowest BCUT2D eigenvalue weighted by Gasteiger charge is -2.26. The Morgan fingerprint density at radius 2 is 1.79 bits per heavy atom. The number of barbiturate groups is 1. The number of amides is 4. The second-order valence-electron chi connectivity index (χ2n) is 7.43. The van der Waals surface area contributed by atoms with Crippen molar-refractivity contribution in [3.63, 3.8) is 0 Å². The van der Waals surface area contributed by atoms with Crippen molar-refractivity contribution < 1.29 is 28.7 Å². The van der Waals surface area contributed by atoms with E-state index in [0.29, 0.717) is 11.3 Å². The Kier molecular flexibility index (Phi) is 5.61. The average molecular weight is 465 g/mol. The molecular weight excluding hydrogens is 448 g/mol. The van der Waals surface area contributed by atoms with Gasteiger partial charge in [-0.25, -0.2) is 14.5 Å². The number of hydrogen-bond acceptors (Lipinski definition) is 5. The van der Waals surface area contributed by atoms with Gasteiger partial charge in [0.15, 0.2) is 0 Å². The maximum absolute atomic E-state index is 13.0. The molecule has 8 nitrogen and oxygen atoms in total. The summed E-state index contributed by atoms with van der Waals surface area (Å²) in [6.07, 6.45) is 1.22. The first-order chi connectivity index (χ1) is 15.7. The molecule has 0 aliphatic carbocycles. The van der Waals surface area contributed by atoms with E-state index in [2.05, 4.69) is 5.32 Å². The van der Waals surface area contributed by atoms with Crippen molar-refractivity contribution in [2.24, 2.45) is 0 Å². The summed E-state index contributed by atoms with van der Waals surface area (Å²) in [7, 11) is 0. The molecule has 166 valence electrons. The van der Waals surface area contributed by atoms with Crippen LogP contribution in [0.1, 0.15) is 27.2 Å². The van der Waals surface area contributed by atoms with Gasteiger partial charge in [0.2, 0.25) is 0 Å². The first-order valence-electron chi connectivity index (χ1n) is 9.77. The van der Waals surface area contributed by atoms with Crippen LogP contribution in [0.3, 0.4) is 0 Å². The number of carboxylic acid groups (broad SMARTS) is 1. The van der Waals surface area contributed by atoms with Crippen molar-refractivity contribution in [1.29, 1.82) is 0 Å². The fraction of sp³-hybridized carbons (Fsp3) is 0.0833. The minimum Gasteiger partial charge on any atom is -0.478 e. The average Bonchev–Trinajstić information content (AvgIpc) is 3.22. The maximum atomic E-state index is 13.0. The summed E-state index contributed by atoms with van der Waals surface area (Å²) < 4.78 is 5.70. The number of rotatable bonds is 4. The number of anilines is 1. The lowest BCUT2D eigenvalue weighted by Crippen LogP contribution is -2.54. The van der Waals surface area contributed by atoms with Crippen LogP contribution in [0, 0.1) is 13.8 Å². The highest BCUT2D eigenvalue weighted by Crippen LogP contribution is 2.31. The largest absolute Gasteiger partial charge is 0.478 e. The van der Waals surface area contributed by atoms with E-state index in [1.54, 1.807) is 18.2 Å². The molecule has 33 heavy (non-hydrogen) atoms. The van der Waals surface area contributed by atoms with Crippen molar-refractivity contribution in [2.75, 3.05) is 4.90 Å². The van der Waals surface area contributed by atoms with Crippen LogP contribution >= 0.6 is 11.6 Å². The predicted molar refractivity (Wildman–Crippen MR) is 121 cm³/mol. The van der Waals surface area contributed by atoms with E-state index in [-0.39, 0.29) is 27.7 Å². The molecular formula is C24H17ClN2O6. The summed E-state index contributed by atoms with van der Waals surface area (Å²) in [6.45, 7) is 3.75. The lowest BCUT2D eigenvalue weighted by molar-refractivity contribution is -0.122. The quantitative estimate of drug-likeness (QED) is 0.431. The monoisotopic (exact) mass is 464 g/mol. The third-order valence-electron chi connectivity index (χ3n) is 5.24. The Hall–Kier alpha value is -4.17. The number of carbonyl (C=O) groups is 4. The molecule has 0 atom stereocenters. The van der Waals surface area contributed by atoms with Crippen LogP contribution in [0.5, 0.6) is 0 Å². The van der Waals surface area contributed by atoms with E-state index in [9.17, 15) is 24.3 Å². The Bertz CT molecular complexity index is 1370. The van der Waals surface area contributed by atoms with Crippen LogP contribution in [0.25, 0.3) is 17.4 Å². The minimum absolute atomic E-state index is 0.0232. The number of carbonyl (C=O) groups excluding carboxylic acids is 3. The van der Waals surface area contributed by atoms with Crippen molar-refractivity contribution >= 4 is 47.2 Å². The van der Waals surface area contributed by atoms with Crippen LogP contribution in [0.15, 0.2) is 58.5 Å². The Morgan fingerprint density at radius 1 is 1.03 bits per heavy atom. The fourth-order valence-corrected chi connectivity index (χ4v) is 3.53. The molecule has 0 saturated carbocycles. The molecule has 1 aliphatic heterocycles. The van der Waals surface area contributed by atoms with Crippen molar-refractivity contribution in [3.8, 4) is 11.3 Å². The highest BCUT2D eigenvalue weighted by Gasteiger charge is 2.37. The van der Waals surface area contributed by atoms with Crippen molar-refractivity contribution in [3.05, 3.63) is 81.6 Å². The molecule has 2 heterocycles. The van der Waals surface area contributed by atoms with Gasteiger partial charge < -0.3 is 9.52 Å². The fourth-order valence-electron chi connectivity index (χ4n) is 3.32. The van der Waals surface area contributed by atoms with E-state index in [4.69, 9.17) is 16.0 Å². The summed E-state index contributed by atoms with van der Waals surface area (Å²) >= 11 is 6.18. The lowest BCUT2D eigenvalue weighted by atomic mass is 10.1. The van der Waals surface area contributed by atoms with Crippen molar-refractivity contribution in [2.45, 2.75) is 13.8 Å². The molecule has 3 aromatic rings. The highest BCUT2D eigenvalue weighted by atomic mass is 35.5. The van der Waals surface area contributed by atoms with Gasteiger partial charge in [-0.2, -0.15) is 0 Å². The number of nitrogens with zero attached hydrogens (tertiary/aromatic N) is 1. The van der Waals surface area contributed by atoms with Crippen LogP contribution in [0.4, 0.5) is 10.5 Å². The first-order valence-corrected chi connectivity index (χ1v) is 10.2. The van der Waals surface area contributed by atoms with Crippen LogP contribution in [0.2, 0.25) is 5.02 Å². The van der Waals surface area contributed by atoms with Gasteiger partial charge in [-0.15, -0.1) is 0 Å². The summed E-state index contributed by atoms with van der Waals surface area (Å²) in [6, 6.07) is 11.4. The maximum Gasteiger partial charge on any atom is 0.335 e. The Morgan fingerprint density at radius 3 is 2.48 bits per heavy atom. The molecule has 0 radical (unpaired) electrons. The molecule has 1 fully saturated rings. The topological polar surface area (TPSA) is 117 Å². The number of urea groups is 1. The summed E-state index contributed by atoms with van der Waals surface area (Å²) in [5.41, 5.74) is 2.27. The van der Waals surface area contributed by atoms with Gasteiger partial charge in [-0.3, -0.25) is 14.9 Å². The third-order valence-corrected chi connectivity index (χ3v) is 5.57. The Balaban J connectivity index is 1.70. The predicted octanol–water partition coefficient (Wildman–Crippen LogP) is 4.58. The van der Waals surface area contributed by atoms with Gasteiger partial charge in [0.25, 0.3) is 11.8 Å². The molecule has 4 rings (SSSR count). The zero-order valence-electron chi connectivity index (χ0n) is 17.5. The number of aryl methyl sites for hydroxylation is 2. The normalized spacial score (nSPS) is 15.2. The van der Waals surface area contributed by atoms with E-state index in [0.717, 1.165) is 16.0 Å². The van der Waals surface area contributed by atoms with E-state index in [1.165, 1.54) is 36.4 Å². The molecule has 0 spiro atoms. The highest BCUT2D eigenvalue weighted by molar-refractivity contribution is 6.39. The number of halogens is 1. The van der Waals surface area contributed by atoms with Crippen molar-refractivity contribution in [1.82, 2.24) is 5.32 Å². The number of benzene rings is 2. The Labute approximate surface area is 193 Å². The number of carboxylic acids is 1. The smallest absolute Gasteiger partial charge is 0.335 e. The van der Waals surface area contributed by atoms with E-state index >= 15 is 0 Å². The van der Waals surface area contributed by atoms with Crippen LogP contribution < -0.4 is 10.2 Å². The standard InChI is InChI=1S/C24H17ClN2O6/c1-12-3-5-15(9-13(12)2)27-22(29)18(21(28)26-24(27)32)11-16-6-8-20(33-16)17-10-14(23(30)31)4-7-19(17)25/h3-11H,1-2H3,(H,30,31)(H,26,28,32)/b18-11+. The third kappa shape index (κ3) is 4.16. The first kappa shape index (κ1) is 22.0. The molecule has 1 saturated heterocycles. The minimum atomic E-state index is -1.12. The summed E-state index contributed by atoms with van der Waals surface area (Å²) in [4.78, 5) is 50.0. The number of furan rings is 1. The molecule has 0 unspecified atom stereocenters. The zero-order chi connectivity index (χ0) is 23.9. The number of aromatic carboxylic acids is 1. The second kappa shape index (κ2) is 8.40. The van der Waals surface area contributed by atoms with Crippen LogP contribution in [-0.4, -0.2) is 28.9 Å². The SMILES string of the molecule is Cc1ccc(N2C(=O)NC(=O)/C(=C\c3ccc(-c4cc(C(=O)O)ccc4Cl)o3)C2=O)cc1C. The molecule has 2 N–H and O–H groups in total. The number of nitrogens with one attached hydrogen (secondary N) is 1. The van der Waals surface area contributed by atoms with Gasteiger partial charge in [-0.05, 0) is 73.5 Å². The van der Waals surface area contributed by atoms with Gasteiger partial charge in [0.1, 0.15) is 17.1 Å². The molecule has 1 aromatic heterocycles.